The van der Waals surface area contributed by atoms with Gasteiger partial charge in [0, 0.05) is 13.2 Å². The third kappa shape index (κ3) is 3.24. The van der Waals surface area contributed by atoms with Crippen molar-refractivity contribution in [3.63, 3.8) is 0 Å². The van der Waals surface area contributed by atoms with Crippen LogP contribution in [0.4, 0.5) is 0 Å². The van der Waals surface area contributed by atoms with Crippen molar-refractivity contribution in [2.75, 3.05) is 13.2 Å². The molecule has 0 radical (unpaired) electrons. The topological polar surface area (TPSA) is 9.23 Å². The molecule has 0 saturated carbocycles. The molecule has 0 amide bonds. The largest absolute Gasteiger partial charge is 0.381 e. The van der Waals surface area contributed by atoms with Gasteiger partial charge in [-0.3, -0.25) is 0 Å². The van der Waals surface area contributed by atoms with Crippen LogP contribution in [0.25, 0.3) is 0 Å². The lowest BCUT2D eigenvalue weighted by atomic mass is 9.86. The molecule has 1 aliphatic heterocycles. The smallest absolute Gasteiger partial charge is 0.0468 e. The minimum Gasteiger partial charge on any atom is -0.381 e. The molecule has 0 aromatic rings. The van der Waals surface area contributed by atoms with Crippen LogP contribution in [0.15, 0.2) is 0 Å². The van der Waals surface area contributed by atoms with Gasteiger partial charge in [0.15, 0.2) is 0 Å². The van der Waals surface area contributed by atoms with Gasteiger partial charge in [0.25, 0.3) is 0 Å². The van der Waals surface area contributed by atoms with Crippen molar-refractivity contribution in [1.29, 1.82) is 0 Å². The Kier molecular flexibility index (Phi) is 5.57. The van der Waals surface area contributed by atoms with Crippen molar-refractivity contribution in [2.45, 2.75) is 40.5 Å². The molecule has 1 aliphatic rings. The first kappa shape index (κ1) is 11.0. The Hall–Kier alpha value is -0.0400. The molecule has 1 saturated heterocycles. The summed E-state index contributed by atoms with van der Waals surface area (Å²) in [5.74, 6) is 1.85. The molecule has 1 unspecified atom stereocenters. The van der Waals surface area contributed by atoms with E-state index in [0.29, 0.717) is 0 Å². The standard InChI is InChI=1S/C9H18O.CH4/c1-3-8(2)9-4-6-10-7-5-9;/h8-9H,3-7H2,1-2H3;1H4. The maximum absolute atomic E-state index is 5.29. The van der Waals surface area contributed by atoms with Crippen LogP contribution in [0.1, 0.15) is 40.5 Å². The molecule has 0 aromatic carbocycles. The fourth-order valence-corrected chi connectivity index (χ4v) is 1.62. The number of ether oxygens (including phenoxy) is 1. The number of rotatable bonds is 2. The molecule has 0 aliphatic carbocycles. The zero-order chi connectivity index (χ0) is 7.40. The summed E-state index contributed by atoms with van der Waals surface area (Å²) < 4.78 is 5.29. The van der Waals surface area contributed by atoms with Crippen molar-refractivity contribution < 1.29 is 4.74 Å². The number of hydrogen-bond acceptors (Lipinski definition) is 1. The molecule has 0 bridgehead atoms. The minimum absolute atomic E-state index is 0. The highest BCUT2D eigenvalue weighted by Crippen LogP contribution is 2.25. The monoisotopic (exact) mass is 158 g/mol. The fourth-order valence-electron chi connectivity index (χ4n) is 1.62. The van der Waals surface area contributed by atoms with Gasteiger partial charge < -0.3 is 4.74 Å². The second kappa shape index (κ2) is 5.59. The van der Waals surface area contributed by atoms with Crippen LogP contribution in [-0.2, 0) is 4.74 Å². The first-order valence-electron chi connectivity index (χ1n) is 4.42. The van der Waals surface area contributed by atoms with Crippen molar-refractivity contribution in [3.05, 3.63) is 0 Å². The lowest BCUT2D eigenvalue weighted by molar-refractivity contribution is 0.0489. The van der Waals surface area contributed by atoms with Crippen LogP contribution < -0.4 is 0 Å². The summed E-state index contributed by atoms with van der Waals surface area (Å²) in [6.07, 6.45) is 3.90. The molecule has 1 nitrogen and oxygen atoms in total. The summed E-state index contributed by atoms with van der Waals surface area (Å²) in [6, 6.07) is 0. The maximum Gasteiger partial charge on any atom is 0.0468 e. The average molecular weight is 158 g/mol. The molecular formula is C10H22O. The molecule has 0 N–H and O–H groups in total. The van der Waals surface area contributed by atoms with E-state index in [9.17, 15) is 0 Å². The van der Waals surface area contributed by atoms with Gasteiger partial charge in [0.2, 0.25) is 0 Å². The van der Waals surface area contributed by atoms with Crippen LogP contribution in [0.5, 0.6) is 0 Å². The van der Waals surface area contributed by atoms with Gasteiger partial charge in [-0.2, -0.15) is 0 Å². The zero-order valence-electron chi connectivity index (χ0n) is 7.10. The molecule has 68 valence electrons. The molecule has 1 fully saturated rings. The van der Waals surface area contributed by atoms with E-state index in [1.54, 1.807) is 0 Å². The van der Waals surface area contributed by atoms with E-state index in [-0.39, 0.29) is 7.43 Å². The predicted octanol–water partition coefficient (Wildman–Crippen LogP) is 3.10. The first-order chi connectivity index (χ1) is 4.84. The van der Waals surface area contributed by atoms with E-state index >= 15 is 0 Å². The van der Waals surface area contributed by atoms with E-state index in [2.05, 4.69) is 13.8 Å². The molecule has 0 aromatic heterocycles. The number of hydrogen-bond donors (Lipinski definition) is 0. The van der Waals surface area contributed by atoms with E-state index < -0.39 is 0 Å². The van der Waals surface area contributed by atoms with Gasteiger partial charge in [-0.25, -0.2) is 0 Å². The maximum atomic E-state index is 5.29. The second-order valence-electron chi connectivity index (χ2n) is 3.34. The van der Waals surface area contributed by atoms with Gasteiger partial charge in [0.1, 0.15) is 0 Å². The Balaban J connectivity index is 0.000001000. The van der Waals surface area contributed by atoms with Crippen LogP contribution in [-0.4, -0.2) is 13.2 Å². The Morgan fingerprint density at radius 1 is 1.36 bits per heavy atom. The van der Waals surface area contributed by atoms with E-state index in [1.807, 2.05) is 0 Å². The summed E-state index contributed by atoms with van der Waals surface area (Å²) in [7, 11) is 0. The van der Waals surface area contributed by atoms with E-state index in [0.717, 1.165) is 25.0 Å². The van der Waals surface area contributed by atoms with Gasteiger partial charge >= 0.3 is 0 Å². The van der Waals surface area contributed by atoms with E-state index in [1.165, 1.54) is 19.3 Å². The Labute approximate surface area is 71.1 Å². The van der Waals surface area contributed by atoms with Crippen molar-refractivity contribution in [3.8, 4) is 0 Å². The summed E-state index contributed by atoms with van der Waals surface area (Å²) >= 11 is 0. The molecule has 1 heterocycles. The molecule has 1 heteroatoms. The molecule has 1 atom stereocenters. The van der Waals surface area contributed by atoms with Gasteiger partial charge in [-0.05, 0) is 24.7 Å². The lowest BCUT2D eigenvalue weighted by Crippen LogP contribution is -2.21. The van der Waals surface area contributed by atoms with Gasteiger partial charge in [0.05, 0.1) is 0 Å². The summed E-state index contributed by atoms with van der Waals surface area (Å²) in [6.45, 7) is 6.63. The van der Waals surface area contributed by atoms with Crippen LogP contribution >= 0.6 is 0 Å². The summed E-state index contributed by atoms with van der Waals surface area (Å²) in [5.41, 5.74) is 0. The highest BCUT2D eigenvalue weighted by Gasteiger charge is 2.18. The third-order valence-electron chi connectivity index (χ3n) is 2.71. The van der Waals surface area contributed by atoms with Crippen LogP contribution in [0.3, 0.4) is 0 Å². The van der Waals surface area contributed by atoms with E-state index in [4.69, 9.17) is 4.74 Å². The highest BCUT2D eigenvalue weighted by atomic mass is 16.5. The summed E-state index contributed by atoms with van der Waals surface area (Å²) in [4.78, 5) is 0. The molecular weight excluding hydrogens is 136 g/mol. The van der Waals surface area contributed by atoms with Gasteiger partial charge in [-0.15, -0.1) is 0 Å². The fraction of sp³-hybridized carbons (Fsp3) is 1.00. The second-order valence-corrected chi connectivity index (χ2v) is 3.34. The van der Waals surface area contributed by atoms with Crippen LogP contribution in [0, 0.1) is 11.8 Å². The molecule has 11 heavy (non-hydrogen) atoms. The quantitative estimate of drug-likeness (QED) is 0.600. The van der Waals surface area contributed by atoms with Gasteiger partial charge in [-0.1, -0.05) is 27.7 Å². The van der Waals surface area contributed by atoms with Crippen LogP contribution in [0.2, 0.25) is 0 Å². The average Bonchev–Trinajstić information content (AvgIpc) is 2.05. The molecule has 1 rings (SSSR count). The Morgan fingerprint density at radius 3 is 2.36 bits per heavy atom. The summed E-state index contributed by atoms with van der Waals surface area (Å²) in [5, 5.41) is 0. The first-order valence-corrected chi connectivity index (χ1v) is 4.42. The highest BCUT2D eigenvalue weighted by molar-refractivity contribution is 4.68. The minimum atomic E-state index is 0. The third-order valence-corrected chi connectivity index (χ3v) is 2.71. The normalized spacial score (nSPS) is 22.4. The SMILES string of the molecule is C.CCC(C)C1CCOCC1. The predicted molar refractivity (Wildman–Crippen MR) is 49.7 cm³/mol. The Morgan fingerprint density at radius 2 is 1.91 bits per heavy atom. The lowest BCUT2D eigenvalue weighted by Gasteiger charge is -2.26. The Bertz CT molecular complexity index is 84.9. The molecule has 0 spiro atoms. The van der Waals surface area contributed by atoms with Crippen molar-refractivity contribution in [1.82, 2.24) is 0 Å². The zero-order valence-corrected chi connectivity index (χ0v) is 7.10. The van der Waals surface area contributed by atoms with Crippen molar-refractivity contribution in [2.24, 2.45) is 11.8 Å². The van der Waals surface area contributed by atoms with Crippen molar-refractivity contribution >= 4 is 0 Å².